The molecular weight excluding hydrogens is 376 g/mol. The van der Waals surface area contributed by atoms with Crippen molar-refractivity contribution in [3.63, 3.8) is 0 Å². The maximum absolute atomic E-state index is 6.62. The van der Waals surface area contributed by atoms with Crippen molar-refractivity contribution in [2.75, 3.05) is 13.2 Å². The molecule has 2 nitrogen and oxygen atoms in total. The van der Waals surface area contributed by atoms with E-state index in [9.17, 15) is 0 Å². The van der Waals surface area contributed by atoms with Crippen LogP contribution in [0.5, 0.6) is 0 Å². The van der Waals surface area contributed by atoms with Crippen molar-refractivity contribution in [3.8, 4) is 0 Å². The van der Waals surface area contributed by atoms with Crippen molar-refractivity contribution >= 4 is 16.6 Å². The van der Waals surface area contributed by atoms with Crippen LogP contribution in [-0.2, 0) is 8.85 Å². The van der Waals surface area contributed by atoms with Gasteiger partial charge in [0, 0.05) is 0 Å². The van der Waals surface area contributed by atoms with Crippen molar-refractivity contribution < 1.29 is 8.85 Å². The van der Waals surface area contributed by atoms with Gasteiger partial charge >= 0.3 is 0 Å². The predicted octanol–water partition coefficient (Wildman–Crippen LogP) is 8.01. The van der Waals surface area contributed by atoms with Crippen LogP contribution in [0.3, 0.4) is 0 Å². The van der Waals surface area contributed by atoms with E-state index in [2.05, 4.69) is 95.4 Å². The number of allylic oxidation sites excluding steroid dienone is 2. The molecule has 0 spiro atoms. The average molecular weight is 423 g/mol. The molecule has 0 aromatic heterocycles. The molecule has 0 saturated carbocycles. The van der Waals surface area contributed by atoms with Crippen LogP contribution in [0.4, 0.5) is 0 Å². The second kappa shape index (κ2) is 8.37. The van der Waals surface area contributed by atoms with Crippen molar-refractivity contribution in [1.29, 1.82) is 0 Å². The molecule has 0 aromatic rings. The second-order valence-corrected chi connectivity index (χ2v) is 21.4. The first-order chi connectivity index (χ1) is 12.3. The summed E-state index contributed by atoms with van der Waals surface area (Å²) in [5.41, 5.74) is 8.32. The van der Waals surface area contributed by atoms with Gasteiger partial charge in [-0.3, -0.25) is 0 Å². The molecular formula is C24H46O2Si2. The van der Waals surface area contributed by atoms with E-state index in [1.165, 1.54) is 33.4 Å². The minimum atomic E-state index is -1.79. The molecule has 28 heavy (non-hydrogen) atoms. The van der Waals surface area contributed by atoms with E-state index in [4.69, 9.17) is 8.85 Å². The van der Waals surface area contributed by atoms with Crippen LogP contribution in [0, 0.1) is 0 Å². The molecule has 0 aliphatic heterocycles. The maximum Gasteiger partial charge on any atom is 0.192 e. The number of hydrogen-bond acceptors (Lipinski definition) is 2. The van der Waals surface area contributed by atoms with Gasteiger partial charge in [-0.05, 0) is 86.3 Å². The molecule has 0 radical (unpaired) electrons. The molecule has 1 aliphatic rings. The highest BCUT2D eigenvalue weighted by atomic mass is 28.4. The van der Waals surface area contributed by atoms with E-state index < -0.39 is 16.6 Å². The first-order valence-corrected chi connectivity index (χ1v) is 16.5. The van der Waals surface area contributed by atoms with Crippen LogP contribution < -0.4 is 0 Å². The summed E-state index contributed by atoms with van der Waals surface area (Å²) in [7, 11) is -3.58. The Balaban J connectivity index is 3.27. The Hall–Kier alpha value is -0.426. The van der Waals surface area contributed by atoms with Gasteiger partial charge in [0.15, 0.2) is 16.6 Å². The summed E-state index contributed by atoms with van der Waals surface area (Å²) in [6.45, 7) is 33.5. The summed E-state index contributed by atoms with van der Waals surface area (Å²) >= 11 is 0. The molecule has 0 aromatic carbocycles. The van der Waals surface area contributed by atoms with Crippen LogP contribution in [0.25, 0.3) is 0 Å². The van der Waals surface area contributed by atoms with E-state index in [1.54, 1.807) is 0 Å². The summed E-state index contributed by atoms with van der Waals surface area (Å²) in [6.07, 6.45) is 0. The zero-order valence-electron chi connectivity index (χ0n) is 21.2. The second-order valence-electron chi connectivity index (χ2n) is 11.8. The Morgan fingerprint density at radius 1 is 0.607 bits per heavy atom. The predicted molar refractivity (Wildman–Crippen MR) is 130 cm³/mol. The Kier molecular flexibility index (Phi) is 7.65. The van der Waals surface area contributed by atoms with Gasteiger partial charge in [0.25, 0.3) is 0 Å². The van der Waals surface area contributed by atoms with E-state index in [1.807, 2.05) is 0 Å². The lowest BCUT2D eigenvalue weighted by atomic mass is 9.74. The fraction of sp³-hybridized carbons (Fsp3) is 0.750. The molecule has 0 fully saturated rings. The Morgan fingerprint density at radius 2 is 0.857 bits per heavy atom. The van der Waals surface area contributed by atoms with Crippen LogP contribution >= 0.6 is 0 Å². The molecule has 4 heteroatoms. The molecule has 1 aliphatic carbocycles. The smallest absolute Gasteiger partial charge is 0.192 e. The van der Waals surface area contributed by atoms with Gasteiger partial charge in [-0.15, -0.1) is 0 Å². The average Bonchev–Trinajstić information content (AvgIpc) is 2.42. The van der Waals surface area contributed by atoms with Crippen molar-refractivity contribution in [2.24, 2.45) is 0 Å². The molecule has 0 bridgehead atoms. The SMILES string of the molecule is CC(C)=C1C(CO[Si](C)(C)C(C)(C)C)=C(CO[Si](C)(C)C(C)(C)C)C1=C(C)C. The summed E-state index contributed by atoms with van der Waals surface area (Å²) in [5.74, 6) is 0. The van der Waals surface area contributed by atoms with Crippen molar-refractivity contribution in [1.82, 2.24) is 0 Å². The number of rotatable bonds is 6. The standard InChI is InChI=1S/C24H46O2Si2/c1-17(2)21-19(15-25-27(11,12)23(5,6)7)20(22(21)18(3)4)16-26-28(13,14)24(8,9)10/h15-16H2,1-14H3. The zero-order chi connectivity index (χ0) is 22.3. The zero-order valence-corrected chi connectivity index (χ0v) is 23.2. The van der Waals surface area contributed by atoms with Gasteiger partial charge in [-0.25, -0.2) is 0 Å². The highest BCUT2D eigenvalue weighted by Crippen LogP contribution is 2.46. The van der Waals surface area contributed by atoms with Crippen molar-refractivity contribution in [3.05, 3.63) is 33.4 Å². The van der Waals surface area contributed by atoms with Crippen molar-refractivity contribution in [2.45, 2.75) is 106 Å². The first-order valence-electron chi connectivity index (χ1n) is 10.7. The molecule has 0 unspecified atom stereocenters. The monoisotopic (exact) mass is 422 g/mol. The lowest BCUT2D eigenvalue weighted by molar-refractivity contribution is 0.300. The highest BCUT2D eigenvalue weighted by molar-refractivity contribution is 6.74. The van der Waals surface area contributed by atoms with Gasteiger partial charge in [-0.2, -0.15) is 0 Å². The van der Waals surface area contributed by atoms with Crippen LogP contribution in [0.15, 0.2) is 33.4 Å². The highest BCUT2D eigenvalue weighted by Gasteiger charge is 2.41. The summed E-state index contributed by atoms with van der Waals surface area (Å²) in [6, 6.07) is 0. The largest absolute Gasteiger partial charge is 0.413 e. The van der Waals surface area contributed by atoms with Gasteiger partial charge in [0.05, 0.1) is 13.2 Å². The summed E-state index contributed by atoms with van der Waals surface area (Å²) < 4.78 is 13.2. The normalized spacial score (nSPS) is 16.5. The van der Waals surface area contributed by atoms with Gasteiger partial charge < -0.3 is 8.85 Å². The summed E-state index contributed by atoms with van der Waals surface area (Å²) in [5, 5.41) is 0.444. The minimum absolute atomic E-state index is 0.222. The summed E-state index contributed by atoms with van der Waals surface area (Å²) in [4.78, 5) is 0. The van der Waals surface area contributed by atoms with E-state index in [0.717, 1.165) is 0 Å². The topological polar surface area (TPSA) is 18.5 Å². The molecule has 0 amide bonds. The Labute approximate surface area is 177 Å². The lowest BCUT2D eigenvalue weighted by Crippen LogP contribution is -2.43. The fourth-order valence-electron chi connectivity index (χ4n) is 2.90. The molecule has 0 N–H and O–H groups in total. The van der Waals surface area contributed by atoms with Gasteiger partial charge in [0.1, 0.15) is 0 Å². The van der Waals surface area contributed by atoms with Gasteiger partial charge in [-0.1, -0.05) is 52.7 Å². The number of hydrogen-bond donors (Lipinski definition) is 0. The molecule has 0 saturated heterocycles. The quantitative estimate of drug-likeness (QED) is 0.403. The maximum atomic E-state index is 6.62. The third-order valence-corrected chi connectivity index (χ3v) is 15.9. The fourth-order valence-corrected chi connectivity index (χ4v) is 4.78. The molecule has 0 heterocycles. The van der Waals surface area contributed by atoms with E-state index >= 15 is 0 Å². The minimum Gasteiger partial charge on any atom is -0.413 e. The van der Waals surface area contributed by atoms with Gasteiger partial charge in [0.2, 0.25) is 0 Å². The third-order valence-electron chi connectivity index (χ3n) is 6.98. The van der Waals surface area contributed by atoms with E-state index in [-0.39, 0.29) is 10.1 Å². The van der Waals surface area contributed by atoms with Crippen LogP contribution in [0.2, 0.25) is 36.3 Å². The van der Waals surface area contributed by atoms with E-state index in [0.29, 0.717) is 13.2 Å². The van der Waals surface area contributed by atoms with Crippen LogP contribution in [0.1, 0.15) is 69.2 Å². The lowest BCUT2D eigenvalue weighted by Gasteiger charge is -2.41. The van der Waals surface area contributed by atoms with Crippen LogP contribution in [-0.4, -0.2) is 29.8 Å². The molecule has 162 valence electrons. The first kappa shape index (κ1) is 25.6. The molecule has 1 rings (SSSR count). The third kappa shape index (κ3) is 5.38. The molecule has 0 atom stereocenters. The Bertz CT molecular complexity index is 625. The Morgan fingerprint density at radius 3 is 1.04 bits per heavy atom.